The Labute approximate surface area is 141 Å². The largest absolute Gasteiger partial charge is 0.495 e. The van der Waals surface area contributed by atoms with Crippen molar-refractivity contribution in [3.63, 3.8) is 0 Å². The van der Waals surface area contributed by atoms with Crippen molar-refractivity contribution in [2.45, 2.75) is 11.1 Å². The number of primary sulfonamides is 1. The summed E-state index contributed by atoms with van der Waals surface area (Å²) < 4.78 is 65.5. The Morgan fingerprint density at radius 2 is 1.72 bits per heavy atom. The maximum absolute atomic E-state index is 12.5. The fraction of sp³-hybridized carbons (Fsp3) is 0.133. The summed E-state index contributed by atoms with van der Waals surface area (Å²) in [6, 6.07) is 7.39. The first kappa shape index (κ1) is 18.7. The molecule has 0 heterocycles. The number of alkyl halides is 3. The number of benzene rings is 2. The SMILES string of the molecule is COc1ccc(C(=O)Nc2ccc(C(F)(F)F)cc2)cc1S(N)(=O)=O. The van der Waals surface area contributed by atoms with E-state index in [1.807, 2.05) is 0 Å². The zero-order valence-corrected chi connectivity index (χ0v) is 13.6. The average Bonchev–Trinajstić information content (AvgIpc) is 2.53. The van der Waals surface area contributed by atoms with Crippen molar-refractivity contribution in [1.82, 2.24) is 0 Å². The third kappa shape index (κ3) is 4.48. The number of hydrogen-bond donors (Lipinski definition) is 2. The van der Waals surface area contributed by atoms with Crippen LogP contribution in [0.4, 0.5) is 18.9 Å². The summed E-state index contributed by atoms with van der Waals surface area (Å²) in [5.41, 5.74) is -0.790. The number of amides is 1. The van der Waals surface area contributed by atoms with Gasteiger partial charge in [-0.05, 0) is 42.5 Å². The Hall–Kier alpha value is -2.59. The molecule has 0 radical (unpaired) electrons. The van der Waals surface area contributed by atoms with Crippen LogP contribution in [0.1, 0.15) is 15.9 Å². The minimum absolute atomic E-state index is 0.0337. The van der Waals surface area contributed by atoms with E-state index in [-0.39, 0.29) is 21.9 Å². The van der Waals surface area contributed by atoms with Crippen molar-refractivity contribution in [2.24, 2.45) is 5.14 Å². The molecule has 3 N–H and O–H groups in total. The number of rotatable bonds is 4. The molecule has 0 saturated carbocycles. The molecule has 0 fully saturated rings. The zero-order valence-electron chi connectivity index (χ0n) is 12.8. The Balaban J connectivity index is 2.27. The fourth-order valence-corrected chi connectivity index (χ4v) is 2.71. The molecule has 2 aromatic carbocycles. The number of halogens is 3. The quantitative estimate of drug-likeness (QED) is 0.859. The first-order chi connectivity index (χ1) is 11.5. The van der Waals surface area contributed by atoms with Gasteiger partial charge in [-0.2, -0.15) is 13.2 Å². The summed E-state index contributed by atoms with van der Waals surface area (Å²) in [6.07, 6.45) is -4.48. The van der Waals surface area contributed by atoms with Crippen molar-refractivity contribution in [1.29, 1.82) is 0 Å². The van der Waals surface area contributed by atoms with Gasteiger partial charge in [-0.3, -0.25) is 4.79 Å². The van der Waals surface area contributed by atoms with Gasteiger partial charge in [-0.15, -0.1) is 0 Å². The third-order valence-electron chi connectivity index (χ3n) is 3.20. The molecule has 1 amide bonds. The van der Waals surface area contributed by atoms with Crippen LogP contribution in [-0.4, -0.2) is 21.4 Å². The summed E-state index contributed by atoms with van der Waals surface area (Å²) in [4.78, 5) is 11.8. The molecular formula is C15H13F3N2O4S. The number of anilines is 1. The van der Waals surface area contributed by atoms with Gasteiger partial charge in [0.25, 0.3) is 5.91 Å². The number of carbonyl (C=O) groups is 1. The van der Waals surface area contributed by atoms with Gasteiger partial charge in [-0.25, -0.2) is 13.6 Å². The van der Waals surface area contributed by atoms with E-state index >= 15 is 0 Å². The molecular weight excluding hydrogens is 361 g/mol. The van der Waals surface area contributed by atoms with Crippen molar-refractivity contribution in [3.05, 3.63) is 53.6 Å². The molecule has 10 heteroatoms. The van der Waals surface area contributed by atoms with Gasteiger partial charge in [0.05, 0.1) is 12.7 Å². The molecule has 25 heavy (non-hydrogen) atoms. The maximum Gasteiger partial charge on any atom is 0.416 e. The highest BCUT2D eigenvalue weighted by Crippen LogP contribution is 2.30. The molecule has 0 aliphatic heterocycles. The number of ether oxygens (including phenoxy) is 1. The Morgan fingerprint density at radius 3 is 2.20 bits per heavy atom. The second-order valence-corrected chi connectivity index (χ2v) is 6.47. The number of nitrogens with one attached hydrogen (secondary N) is 1. The van der Waals surface area contributed by atoms with Crippen LogP contribution in [0.15, 0.2) is 47.4 Å². The summed E-state index contributed by atoms with van der Waals surface area (Å²) in [6.45, 7) is 0. The summed E-state index contributed by atoms with van der Waals surface area (Å²) in [5, 5.41) is 7.44. The second-order valence-electron chi connectivity index (χ2n) is 4.94. The summed E-state index contributed by atoms with van der Waals surface area (Å²) in [7, 11) is -2.88. The molecule has 0 aromatic heterocycles. The number of carbonyl (C=O) groups excluding carboxylic acids is 1. The molecule has 134 valence electrons. The lowest BCUT2D eigenvalue weighted by molar-refractivity contribution is -0.137. The molecule has 0 unspecified atom stereocenters. The van der Waals surface area contributed by atoms with Crippen LogP contribution < -0.4 is 15.2 Å². The first-order valence-electron chi connectivity index (χ1n) is 6.72. The van der Waals surface area contributed by atoms with Crippen LogP contribution >= 0.6 is 0 Å². The van der Waals surface area contributed by atoms with Crippen molar-refractivity contribution in [3.8, 4) is 5.75 Å². The molecule has 0 bridgehead atoms. The Morgan fingerprint density at radius 1 is 1.12 bits per heavy atom. The maximum atomic E-state index is 12.5. The second kappa shape index (κ2) is 6.73. The fourth-order valence-electron chi connectivity index (χ4n) is 1.99. The smallest absolute Gasteiger partial charge is 0.416 e. The van der Waals surface area contributed by atoms with E-state index in [9.17, 15) is 26.4 Å². The van der Waals surface area contributed by atoms with Crippen LogP contribution in [-0.2, 0) is 16.2 Å². The van der Waals surface area contributed by atoms with E-state index in [2.05, 4.69) is 5.32 Å². The molecule has 0 spiro atoms. The monoisotopic (exact) mass is 374 g/mol. The minimum atomic E-state index is -4.48. The number of hydrogen-bond acceptors (Lipinski definition) is 4. The van der Waals surface area contributed by atoms with E-state index in [1.54, 1.807) is 0 Å². The van der Waals surface area contributed by atoms with Crippen LogP contribution in [0.25, 0.3) is 0 Å². The van der Waals surface area contributed by atoms with Crippen LogP contribution in [0.2, 0.25) is 0 Å². The van der Waals surface area contributed by atoms with Gasteiger partial charge in [0.1, 0.15) is 10.6 Å². The molecule has 6 nitrogen and oxygen atoms in total. The molecule has 0 atom stereocenters. The highest BCUT2D eigenvalue weighted by molar-refractivity contribution is 7.89. The van der Waals surface area contributed by atoms with Crippen LogP contribution in [0.3, 0.4) is 0 Å². The van der Waals surface area contributed by atoms with Crippen LogP contribution in [0.5, 0.6) is 5.75 Å². The van der Waals surface area contributed by atoms with Gasteiger partial charge in [-0.1, -0.05) is 0 Å². The average molecular weight is 374 g/mol. The number of sulfonamides is 1. The third-order valence-corrected chi connectivity index (χ3v) is 4.13. The molecule has 0 aliphatic rings. The van der Waals surface area contributed by atoms with Crippen molar-refractivity contribution >= 4 is 21.6 Å². The van der Waals surface area contributed by atoms with Gasteiger partial charge in [0.15, 0.2) is 0 Å². The molecule has 2 aromatic rings. The Kier molecular flexibility index (Phi) is 5.04. The minimum Gasteiger partial charge on any atom is -0.495 e. The van der Waals surface area contributed by atoms with Gasteiger partial charge in [0, 0.05) is 11.3 Å². The summed E-state index contributed by atoms with van der Waals surface area (Å²) in [5.74, 6) is -0.749. The molecule has 0 saturated heterocycles. The van der Waals surface area contributed by atoms with Gasteiger partial charge < -0.3 is 10.1 Å². The van der Waals surface area contributed by atoms with E-state index < -0.39 is 27.7 Å². The lowest BCUT2D eigenvalue weighted by atomic mass is 10.1. The zero-order chi connectivity index (χ0) is 18.8. The highest BCUT2D eigenvalue weighted by atomic mass is 32.2. The number of nitrogens with two attached hydrogens (primary N) is 1. The van der Waals surface area contributed by atoms with Gasteiger partial charge in [0.2, 0.25) is 10.0 Å². The van der Waals surface area contributed by atoms with E-state index in [0.717, 1.165) is 30.3 Å². The topological polar surface area (TPSA) is 98.5 Å². The van der Waals surface area contributed by atoms with Crippen molar-refractivity contribution < 1.29 is 31.1 Å². The van der Waals surface area contributed by atoms with Gasteiger partial charge >= 0.3 is 6.18 Å². The lowest BCUT2D eigenvalue weighted by Gasteiger charge is -2.11. The van der Waals surface area contributed by atoms with E-state index in [1.165, 1.54) is 19.2 Å². The van der Waals surface area contributed by atoms with E-state index in [0.29, 0.717) is 0 Å². The number of methoxy groups -OCH3 is 1. The lowest BCUT2D eigenvalue weighted by Crippen LogP contribution is -2.17. The predicted molar refractivity (Wildman–Crippen MR) is 83.8 cm³/mol. The molecule has 2 rings (SSSR count). The highest BCUT2D eigenvalue weighted by Gasteiger charge is 2.30. The van der Waals surface area contributed by atoms with E-state index in [4.69, 9.17) is 9.88 Å². The van der Waals surface area contributed by atoms with Crippen LogP contribution in [0, 0.1) is 0 Å². The molecule has 0 aliphatic carbocycles. The van der Waals surface area contributed by atoms with Crippen molar-refractivity contribution in [2.75, 3.05) is 12.4 Å². The first-order valence-corrected chi connectivity index (χ1v) is 8.26. The Bertz CT molecular complexity index is 894. The normalized spacial score (nSPS) is 11.9. The predicted octanol–water partition coefficient (Wildman–Crippen LogP) is 2.61. The summed E-state index contributed by atoms with van der Waals surface area (Å²) >= 11 is 0. The standard InChI is InChI=1S/C15H13F3N2O4S/c1-24-12-7-2-9(8-13(12)25(19,22)23)14(21)20-11-5-3-10(4-6-11)15(16,17)18/h2-8H,1H3,(H,20,21)(H2,19,22,23).